The summed E-state index contributed by atoms with van der Waals surface area (Å²) in [5, 5.41) is 6.99. The van der Waals surface area contributed by atoms with Crippen molar-refractivity contribution in [2.45, 2.75) is 20.1 Å². The van der Waals surface area contributed by atoms with Crippen LogP contribution < -0.4 is 20.3 Å². The van der Waals surface area contributed by atoms with Gasteiger partial charge < -0.3 is 14.8 Å². The van der Waals surface area contributed by atoms with Gasteiger partial charge in [-0.1, -0.05) is 6.07 Å². The Bertz CT molecular complexity index is 768. The van der Waals surface area contributed by atoms with Crippen LogP contribution in [0.15, 0.2) is 33.7 Å². The zero-order chi connectivity index (χ0) is 17.7. The van der Waals surface area contributed by atoms with Gasteiger partial charge in [-0.05, 0) is 40.5 Å². The van der Waals surface area contributed by atoms with Crippen LogP contribution in [0.5, 0.6) is 11.5 Å². The number of hydrogen-bond donors (Lipinski definition) is 1. The smallest absolute Gasteiger partial charge is 0.387 e. The first kappa shape index (κ1) is 18.2. The second-order valence-corrected chi connectivity index (χ2v) is 5.54. The van der Waals surface area contributed by atoms with Gasteiger partial charge in [0.2, 0.25) is 0 Å². The molecule has 130 valence electrons. The zero-order valence-corrected chi connectivity index (χ0v) is 14.6. The Morgan fingerprint density at radius 1 is 1.38 bits per heavy atom. The van der Waals surface area contributed by atoms with E-state index in [1.165, 1.54) is 16.9 Å². The quantitative estimate of drug-likeness (QED) is 0.768. The summed E-state index contributed by atoms with van der Waals surface area (Å²) in [6.45, 7) is -0.501. The minimum Gasteiger partial charge on any atom is -0.490 e. The summed E-state index contributed by atoms with van der Waals surface area (Å²) in [4.78, 5) is 11.8. The van der Waals surface area contributed by atoms with E-state index in [1.54, 1.807) is 26.1 Å². The third-order valence-corrected chi connectivity index (χ3v) is 3.85. The van der Waals surface area contributed by atoms with Gasteiger partial charge in [0.05, 0.1) is 18.5 Å². The highest BCUT2D eigenvalue weighted by Crippen LogP contribution is 2.30. The van der Waals surface area contributed by atoms with E-state index in [9.17, 15) is 13.6 Å². The van der Waals surface area contributed by atoms with Gasteiger partial charge in [0, 0.05) is 13.6 Å². The molecule has 0 saturated carbocycles. The molecule has 0 aliphatic heterocycles. The summed E-state index contributed by atoms with van der Waals surface area (Å²) in [7, 11) is 1.55. The lowest BCUT2D eigenvalue weighted by atomic mass is 10.2. The minimum absolute atomic E-state index is 0.0213. The number of hydrogen-bond acceptors (Lipinski definition) is 5. The Kier molecular flexibility index (Phi) is 6.13. The second kappa shape index (κ2) is 8.09. The van der Waals surface area contributed by atoms with E-state index in [2.05, 4.69) is 31.1 Å². The first-order valence-electron chi connectivity index (χ1n) is 7.08. The van der Waals surface area contributed by atoms with Crippen molar-refractivity contribution in [2.75, 3.05) is 11.9 Å². The summed E-state index contributed by atoms with van der Waals surface area (Å²) >= 11 is 3.22. The number of benzene rings is 1. The monoisotopic (exact) mass is 403 g/mol. The number of nitrogens with one attached hydrogen (secondary N) is 1. The van der Waals surface area contributed by atoms with Gasteiger partial charge in [0.1, 0.15) is 4.47 Å². The van der Waals surface area contributed by atoms with Crippen LogP contribution in [0.1, 0.15) is 12.5 Å². The highest BCUT2D eigenvalue weighted by atomic mass is 79.9. The molecule has 0 atom stereocenters. The average Bonchev–Trinajstić information content (AvgIpc) is 2.54. The van der Waals surface area contributed by atoms with Gasteiger partial charge in [-0.3, -0.25) is 4.79 Å². The number of nitrogens with zero attached hydrogens (tertiary/aromatic N) is 2. The molecule has 1 N–H and O–H groups in total. The van der Waals surface area contributed by atoms with Crippen LogP contribution >= 0.6 is 15.9 Å². The molecule has 0 aliphatic rings. The van der Waals surface area contributed by atoms with E-state index in [0.29, 0.717) is 23.3 Å². The topological polar surface area (TPSA) is 65.4 Å². The summed E-state index contributed by atoms with van der Waals surface area (Å²) in [6.07, 6.45) is 1.52. The van der Waals surface area contributed by atoms with Crippen LogP contribution in [0.3, 0.4) is 0 Å². The molecule has 0 amide bonds. The lowest BCUT2D eigenvalue weighted by molar-refractivity contribution is -0.0514. The van der Waals surface area contributed by atoms with E-state index in [4.69, 9.17) is 4.74 Å². The highest BCUT2D eigenvalue weighted by Gasteiger charge is 2.12. The molecule has 2 rings (SSSR count). The van der Waals surface area contributed by atoms with Crippen molar-refractivity contribution in [3.05, 3.63) is 44.8 Å². The molecule has 0 spiro atoms. The molecule has 0 radical (unpaired) electrons. The van der Waals surface area contributed by atoms with Crippen LogP contribution in [0.2, 0.25) is 0 Å². The van der Waals surface area contributed by atoms with Crippen LogP contribution in [-0.4, -0.2) is 23.0 Å². The van der Waals surface area contributed by atoms with Gasteiger partial charge in [-0.15, -0.1) is 0 Å². The molecule has 1 heterocycles. The third kappa shape index (κ3) is 4.44. The van der Waals surface area contributed by atoms with Gasteiger partial charge in [-0.2, -0.15) is 13.9 Å². The minimum atomic E-state index is -2.92. The third-order valence-electron chi connectivity index (χ3n) is 3.09. The normalized spacial score (nSPS) is 10.8. The fourth-order valence-corrected chi connectivity index (χ4v) is 2.45. The number of ether oxygens (including phenoxy) is 2. The largest absolute Gasteiger partial charge is 0.490 e. The zero-order valence-electron chi connectivity index (χ0n) is 13.1. The van der Waals surface area contributed by atoms with E-state index >= 15 is 0 Å². The first-order valence-corrected chi connectivity index (χ1v) is 7.88. The van der Waals surface area contributed by atoms with Crippen molar-refractivity contribution in [3.63, 3.8) is 0 Å². The predicted octanol–water partition coefficient (Wildman–Crippen LogP) is 3.16. The Hall–Kier alpha value is -2.16. The van der Waals surface area contributed by atoms with E-state index in [0.717, 1.165) is 5.56 Å². The van der Waals surface area contributed by atoms with E-state index < -0.39 is 6.61 Å². The van der Waals surface area contributed by atoms with Gasteiger partial charge in [0.15, 0.2) is 11.5 Å². The lowest BCUT2D eigenvalue weighted by Gasteiger charge is -2.14. The predicted molar refractivity (Wildman–Crippen MR) is 88.7 cm³/mol. The molecule has 0 saturated heterocycles. The molecule has 0 bridgehead atoms. The molecule has 0 unspecified atom stereocenters. The molecule has 1 aromatic carbocycles. The maximum Gasteiger partial charge on any atom is 0.387 e. The number of anilines is 1. The van der Waals surface area contributed by atoms with Gasteiger partial charge in [0.25, 0.3) is 5.56 Å². The molecule has 6 nitrogen and oxygen atoms in total. The molecule has 9 heteroatoms. The van der Waals surface area contributed by atoms with Crippen LogP contribution in [0.4, 0.5) is 14.5 Å². The number of aromatic nitrogens is 2. The summed E-state index contributed by atoms with van der Waals surface area (Å²) < 4.78 is 36.1. The molecule has 0 fully saturated rings. The second-order valence-electron chi connectivity index (χ2n) is 4.75. The van der Waals surface area contributed by atoms with Crippen molar-refractivity contribution >= 4 is 21.6 Å². The van der Waals surface area contributed by atoms with Crippen molar-refractivity contribution in [1.82, 2.24) is 9.78 Å². The number of aryl methyl sites for hydroxylation is 1. The van der Waals surface area contributed by atoms with Crippen molar-refractivity contribution in [3.8, 4) is 11.5 Å². The maximum atomic E-state index is 12.4. The lowest BCUT2D eigenvalue weighted by Crippen LogP contribution is -2.21. The first-order chi connectivity index (χ1) is 11.4. The van der Waals surface area contributed by atoms with Crippen molar-refractivity contribution < 1.29 is 18.3 Å². The van der Waals surface area contributed by atoms with Crippen LogP contribution in [0, 0.1) is 0 Å². The molecular weight excluding hydrogens is 388 g/mol. The standard InChI is InChI=1S/C15H16BrF2N3O3/c1-3-23-12-6-9(4-5-11(12)24-15(17)18)7-19-10-8-20-21(2)14(22)13(10)16/h4-6,8,15,19H,3,7H2,1-2H3. The fourth-order valence-electron chi connectivity index (χ4n) is 1.96. The molecule has 0 aliphatic carbocycles. The molecule has 24 heavy (non-hydrogen) atoms. The molecule has 1 aromatic heterocycles. The highest BCUT2D eigenvalue weighted by molar-refractivity contribution is 9.10. The average molecular weight is 404 g/mol. The maximum absolute atomic E-state index is 12.4. The van der Waals surface area contributed by atoms with Gasteiger partial charge in [-0.25, -0.2) is 4.68 Å². The number of halogens is 3. The fraction of sp³-hybridized carbons (Fsp3) is 0.333. The van der Waals surface area contributed by atoms with Crippen LogP contribution in [0.25, 0.3) is 0 Å². The number of rotatable bonds is 7. The van der Waals surface area contributed by atoms with Crippen LogP contribution in [-0.2, 0) is 13.6 Å². The summed E-state index contributed by atoms with van der Waals surface area (Å²) in [5.41, 5.74) is 1.03. The summed E-state index contributed by atoms with van der Waals surface area (Å²) in [6, 6.07) is 4.66. The molecule has 2 aromatic rings. The SMILES string of the molecule is CCOc1cc(CNc2cnn(C)c(=O)c2Br)ccc1OC(F)F. The Morgan fingerprint density at radius 3 is 2.79 bits per heavy atom. The van der Waals surface area contributed by atoms with Crippen molar-refractivity contribution in [2.24, 2.45) is 7.05 Å². The number of alkyl halides is 2. The van der Waals surface area contributed by atoms with E-state index in [-0.39, 0.29) is 17.1 Å². The van der Waals surface area contributed by atoms with Gasteiger partial charge >= 0.3 is 6.61 Å². The molecular formula is C15H16BrF2N3O3. The Morgan fingerprint density at radius 2 is 2.12 bits per heavy atom. The Balaban J connectivity index is 2.17. The van der Waals surface area contributed by atoms with E-state index in [1.807, 2.05) is 0 Å². The Labute approximate surface area is 145 Å². The summed E-state index contributed by atoms with van der Waals surface area (Å²) in [5.74, 6) is 0.213. The van der Waals surface area contributed by atoms with Crippen molar-refractivity contribution in [1.29, 1.82) is 0 Å².